The zero-order chi connectivity index (χ0) is 46.3. The second-order valence-corrected chi connectivity index (χ2v) is 22.0. The Bertz CT molecular complexity index is 3660. The first-order valence-corrected chi connectivity index (χ1v) is 25.8. The van der Waals surface area contributed by atoms with Gasteiger partial charge in [0.1, 0.15) is 11.2 Å². The molecule has 10 aromatic rings. The standard InChI is InChI=1S/C68H55NO/c1-66(2)58-27-11-9-23-54(58)55-33-31-51(41-62(55)66)69(50-22-15-17-45(40-50)53-25-16-26-57-56-24-10-14-30-64(56)70-65(53)57)52-32-34-61-63(42-52)67(46-18-5-3-6-19-46,47-20-7-4-8-21-47)59-28-12-13-29-60(59)68(61)48-36-43-35-44(38-48)39-49(68)37-43/h3-34,40-44,48-49H,35-39H2,1-2H3/t43-,44+,48+,49-,68?. The van der Waals surface area contributed by atoms with Crippen LogP contribution in [0, 0.1) is 23.7 Å². The molecule has 0 atom stereocenters. The Balaban J connectivity index is 1.02. The van der Waals surface area contributed by atoms with Gasteiger partial charge in [0, 0.05) is 44.2 Å². The van der Waals surface area contributed by atoms with Crippen molar-refractivity contribution in [3.8, 4) is 22.3 Å². The van der Waals surface area contributed by atoms with Gasteiger partial charge in [-0.2, -0.15) is 0 Å². The zero-order valence-electron chi connectivity index (χ0n) is 39.9. The zero-order valence-corrected chi connectivity index (χ0v) is 39.9. The predicted octanol–water partition coefficient (Wildman–Crippen LogP) is 17.5. The van der Waals surface area contributed by atoms with Gasteiger partial charge in [0.2, 0.25) is 0 Å². The van der Waals surface area contributed by atoms with Crippen molar-refractivity contribution in [1.82, 2.24) is 0 Å². The molecule has 16 rings (SSSR count). The number of fused-ring (bicyclic) bond motifs is 8. The van der Waals surface area contributed by atoms with Gasteiger partial charge in [-0.15, -0.1) is 0 Å². The van der Waals surface area contributed by atoms with Gasteiger partial charge in [0.05, 0.1) is 5.41 Å². The molecule has 0 aliphatic heterocycles. The number of benzene rings is 9. The molecular weight excluding hydrogens is 847 g/mol. The molecule has 2 nitrogen and oxygen atoms in total. The Morgan fingerprint density at radius 1 is 0.400 bits per heavy atom. The Hall–Kier alpha value is -7.42. The molecule has 0 saturated heterocycles. The highest BCUT2D eigenvalue weighted by Gasteiger charge is 2.63. The van der Waals surface area contributed by atoms with Crippen LogP contribution in [0.3, 0.4) is 0 Å². The second kappa shape index (κ2) is 14.8. The highest BCUT2D eigenvalue weighted by Crippen LogP contribution is 2.70. The van der Waals surface area contributed by atoms with E-state index in [1.165, 1.54) is 82.3 Å². The van der Waals surface area contributed by atoms with Gasteiger partial charge in [-0.25, -0.2) is 0 Å². The van der Waals surface area contributed by atoms with E-state index in [0.29, 0.717) is 11.8 Å². The molecule has 0 N–H and O–H groups in total. The quantitative estimate of drug-likeness (QED) is 0.165. The van der Waals surface area contributed by atoms with Crippen molar-refractivity contribution in [3.05, 3.63) is 257 Å². The SMILES string of the molecule is CC1(C)c2ccccc2-c2ccc(N(c3cccc(-c4cccc5c4oc4ccccc45)c3)c3ccc4c(c3)C(c3ccccc3)(c3ccccc3)c3ccccc3C43[C@H]4C[C@H]5C[C@H](C[C@H]3C5)C4)cc21. The summed E-state index contributed by atoms with van der Waals surface area (Å²) in [6.45, 7) is 4.80. The third kappa shape index (κ3) is 5.40. The van der Waals surface area contributed by atoms with Gasteiger partial charge >= 0.3 is 0 Å². The van der Waals surface area contributed by atoms with Crippen molar-refractivity contribution >= 4 is 39.0 Å². The van der Waals surface area contributed by atoms with Gasteiger partial charge in [-0.05, 0) is 159 Å². The fraction of sp³-hybridized carbons (Fsp3) is 0.206. The lowest BCUT2D eigenvalue weighted by Crippen LogP contribution is -2.59. The van der Waals surface area contributed by atoms with Crippen LogP contribution >= 0.6 is 0 Å². The monoisotopic (exact) mass is 901 g/mol. The summed E-state index contributed by atoms with van der Waals surface area (Å²) in [4.78, 5) is 2.56. The molecule has 0 amide bonds. The van der Waals surface area contributed by atoms with Crippen LogP contribution < -0.4 is 4.90 Å². The molecule has 1 aromatic heterocycles. The largest absolute Gasteiger partial charge is 0.455 e. The molecule has 9 aromatic carbocycles. The molecule has 4 bridgehead atoms. The maximum Gasteiger partial charge on any atom is 0.143 e. The van der Waals surface area contributed by atoms with Crippen LogP contribution in [-0.4, -0.2) is 0 Å². The first kappa shape index (κ1) is 40.5. The summed E-state index contributed by atoms with van der Waals surface area (Å²) in [5, 5.41) is 2.29. The third-order valence-electron chi connectivity index (χ3n) is 18.4. The van der Waals surface area contributed by atoms with E-state index < -0.39 is 5.41 Å². The van der Waals surface area contributed by atoms with E-state index in [9.17, 15) is 0 Å². The number of nitrogens with zero attached hydrogens (tertiary/aromatic N) is 1. The Morgan fingerprint density at radius 3 is 1.69 bits per heavy atom. The number of hydrogen-bond acceptors (Lipinski definition) is 2. The van der Waals surface area contributed by atoms with Crippen molar-refractivity contribution in [2.45, 2.75) is 62.2 Å². The predicted molar refractivity (Wildman–Crippen MR) is 288 cm³/mol. The molecule has 70 heavy (non-hydrogen) atoms. The first-order chi connectivity index (χ1) is 34.4. The van der Waals surface area contributed by atoms with Crippen LogP contribution in [0.15, 0.2) is 217 Å². The molecule has 4 fully saturated rings. The van der Waals surface area contributed by atoms with E-state index in [-0.39, 0.29) is 10.8 Å². The van der Waals surface area contributed by atoms with Crippen molar-refractivity contribution in [2.24, 2.45) is 23.7 Å². The Morgan fingerprint density at radius 2 is 0.943 bits per heavy atom. The van der Waals surface area contributed by atoms with Crippen molar-refractivity contribution in [3.63, 3.8) is 0 Å². The van der Waals surface area contributed by atoms with E-state index in [0.717, 1.165) is 56.3 Å². The Labute approximate surface area is 411 Å². The normalized spacial score (nSPS) is 22.7. The third-order valence-corrected chi connectivity index (χ3v) is 18.4. The Kier molecular flexibility index (Phi) is 8.55. The van der Waals surface area contributed by atoms with Gasteiger partial charge in [-0.1, -0.05) is 184 Å². The maximum atomic E-state index is 6.69. The van der Waals surface area contributed by atoms with Crippen LogP contribution in [0.25, 0.3) is 44.2 Å². The van der Waals surface area contributed by atoms with Crippen LogP contribution in [0.1, 0.15) is 90.5 Å². The summed E-state index contributed by atoms with van der Waals surface area (Å²) in [6, 6.07) is 81.0. The molecule has 1 spiro atoms. The minimum Gasteiger partial charge on any atom is -0.455 e. The molecule has 338 valence electrons. The lowest BCUT2D eigenvalue weighted by Gasteiger charge is -2.65. The van der Waals surface area contributed by atoms with Crippen molar-refractivity contribution in [1.29, 1.82) is 0 Å². The molecule has 1 heterocycles. The lowest BCUT2D eigenvalue weighted by atomic mass is 9.38. The van der Waals surface area contributed by atoms with E-state index in [4.69, 9.17) is 4.42 Å². The first-order valence-electron chi connectivity index (χ1n) is 25.8. The highest BCUT2D eigenvalue weighted by atomic mass is 16.3. The summed E-state index contributed by atoms with van der Waals surface area (Å²) < 4.78 is 6.69. The average Bonchev–Trinajstić information content (AvgIpc) is 3.90. The summed E-state index contributed by atoms with van der Waals surface area (Å²) in [5.74, 6) is 2.93. The van der Waals surface area contributed by atoms with Gasteiger partial charge in [0.15, 0.2) is 0 Å². The average molecular weight is 902 g/mol. The summed E-state index contributed by atoms with van der Waals surface area (Å²) in [6.07, 6.45) is 6.75. The van der Waals surface area contributed by atoms with E-state index in [1.807, 2.05) is 0 Å². The molecule has 6 aliphatic rings. The summed E-state index contributed by atoms with van der Waals surface area (Å²) >= 11 is 0. The fourth-order valence-electron chi connectivity index (χ4n) is 15.8. The van der Waals surface area contributed by atoms with Gasteiger partial charge in [-0.3, -0.25) is 0 Å². The van der Waals surface area contributed by atoms with Crippen LogP contribution in [-0.2, 0) is 16.2 Å². The molecular formula is C68H55NO. The van der Waals surface area contributed by atoms with Crippen LogP contribution in [0.4, 0.5) is 17.1 Å². The van der Waals surface area contributed by atoms with Crippen LogP contribution in [0.5, 0.6) is 0 Å². The smallest absolute Gasteiger partial charge is 0.143 e. The van der Waals surface area contributed by atoms with E-state index >= 15 is 0 Å². The van der Waals surface area contributed by atoms with Crippen molar-refractivity contribution in [2.75, 3.05) is 4.90 Å². The lowest BCUT2D eigenvalue weighted by molar-refractivity contribution is -0.0440. The van der Waals surface area contributed by atoms with E-state index in [2.05, 4.69) is 231 Å². The number of hydrogen-bond donors (Lipinski definition) is 0. The molecule has 0 radical (unpaired) electrons. The maximum absolute atomic E-state index is 6.69. The molecule has 4 saturated carbocycles. The number of para-hydroxylation sites is 2. The number of rotatable bonds is 6. The minimum atomic E-state index is -0.559. The number of furan rings is 1. The summed E-state index contributed by atoms with van der Waals surface area (Å²) in [7, 11) is 0. The fourth-order valence-corrected chi connectivity index (χ4v) is 15.8. The topological polar surface area (TPSA) is 16.4 Å². The highest BCUT2D eigenvalue weighted by molar-refractivity contribution is 6.09. The van der Waals surface area contributed by atoms with E-state index in [1.54, 1.807) is 11.1 Å². The van der Waals surface area contributed by atoms with Crippen molar-refractivity contribution < 1.29 is 4.42 Å². The second-order valence-electron chi connectivity index (χ2n) is 22.0. The molecule has 2 heteroatoms. The van der Waals surface area contributed by atoms with Gasteiger partial charge < -0.3 is 9.32 Å². The molecule has 0 unspecified atom stereocenters. The minimum absolute atomic E-state index is 0.0513. The number of anilines is 3. The summed E-state index contributed by atoms with van der Waals surface area (Å²) in [5.41, 5.74) is 20.8. The van der Waals surface area contributed by atoms with Crippen LogP contribution in [0.2, 0.25) is 0 Å². The molecule has 6 aliphatic carbocycles. The van der Waals surface area contributed by atoms with Gasteiger partial charge in [0.25, 0.3) is 0 Å².